The first-order chi connectivity index (χ1) is 3.38. The van der Waals surface area contributed by atoms with Crippen LogP contribution in [0, 0.1) is 0 Å². The fourth-order valence-corrected chi connectivity index (χ4v) is 0.811. The van der Waals surface area contributed by atoms with Crippen LogP contribution in [-0.2, 0) is 0 Å². The van der Waals surface area contributed by atoms with Crippen molar-refractivity contribution in [2.75, 3.05) is 6.54 Å². The van der Waals surface area contributed by atoms with Crippen LogP contribution in [0.3, 0.4) is 0 Å². The van der Waals surface area contributed by atoms with Gasteiger partial charge in [0.05, 0.1) is 12.2 Å². The standard InChI is InChI=1S/C4H6N2O.CH4/c7-2-1-5-4-3(2)6-4;/h4-7H,1H2;1H4. The Bertz CT molecular complexity index is 141. The van der Waals surface area contributed by atoms with Crippen LogP contribution >= 0.6 is 0 Å². The molecule has 0 aromatic heterocycles. The summed E-state index contributed by atoms with van der Waals surface area (Å²) >= 11 is 0. The van der Waals surface area contributed by atoms with Gasteiger partial charge in [-0.3, -0.25) is 5.32 Å². The van der Waals surface area contributed by atoms with Crippen LogP contribution in [0.4, 0.5) is 0 Å². The molecule has 0 aliphatic carbocycles. The third-order valence-corrected chi connectivity index (χ3v) is 1.29. The quantitative estimate of drug-likeness (QED) is 0.386. The van der Waals surface area contributed by atoms with E-state index in [4.69, 9.17) is 5.11 Å². The Hall–Kier alpha value is -0.700. The largest absolute Gasteiger partial charge is 0.509 e. The Kier molecular flexibility index (Phi) is 0.942. The van der Waals surface area contributed by atoms with Crippen LogP contribution in [0.1, 0.15) is 7.43 Å². The molecule has 2 aliphatic heterocycles. The van der Waals surface area contributed by atoms with Crippen molar-refractivity contribution in [2.45, 2.75) is 13.6 Å². The molecule has 1 unspecified atom stereocenters. The number of rotatable bonds is 0. The van der Waals surface area contributed by atoms with Crippen molar-refractivity contribution in [1.29, 1.82) is 0 Å². The molecule has 1 saturated heterocycles. The molecule has 8 heavy (non-hydrogen) atoms. The zero-order valence-electron chi connectivity index (χ0n) is 3.73. The molecule has 3 heteroatoms. The van der Waals surface area contributed by atoms with Crippen LogP contribution in [-0.4, -0.2) is 17.8 Å². The Morgan fingerprint density at radius 1 is 1.62 bits per heavy atom. The van der Waals surface area contributed by atoms with Crippen molar-refractivity contribution in [3.05, 3.63) is 11.5 Å². The summed E-state index contributed by atoms with van der Waals surface area (Å²) < 4.78 is 0. The maximum absolute atomic E-state index is 8.79. The monoisotopic (exact) mass is 114 g/mol. The summed E-state index contributed by atoms with van der Waals surface area (Å²) in [5.74, 6) is 0.477. The van der Waals surface area contributed by atoms with E-state index in [-0.39, 0.29) is 7.43 Å². The zero-order valence-corrected chi connectivity index (χ0v) is 3.73. The molecule has 3 N–H and O–H groups in total. The Balaban J connectivity index is 0.000000320. The summed E-state index contributed by atoms with van der Waals surface area (Å²) in [5, 5.41) is 14.7. The lowest BCUT2D eigenvalue weighted by Gasteiger charge is -1.90. The smallest absolute Gasteiger partial charge is 0.129 e. The summed E-state index contributed by atoms with van der Waals surface area (Å²) in [5.41, 5.74) is 0.986. The lowest BCUT2D eigenvalue weighted by Crippen LogP contribution is -2.18. The minimum Gasteiger partial charge on any atom is -0.509 e. The number of hydrogen-bond donors (Lipinski definition) is 3. The average molecular weight is 114 g/mol. The lowest BCUT2D eigenvalue weighted by molar-refractivity contribution is 0.395. The van der Waals surface area contributed by atoms with E-state index in [1.807, 2.05) is 0 Å². The van der Waals surface area contributed by atoms with E-state index in [1.165, 1.54) is 0 Å². The first-order valence-electron chi connectivity index (χ1n) is 2.30. The third-order valence-electron chi connectivity index (χ3n) is 1.29. The predicted octanol–water partition coefficient (Wildman–Crippen LogP) is -0.0754. The molecule has 2 heterocycles. The highest BCUT2D eigenvalue weighted by atomic mass is 16.3. The van der Waals surface area contributed by atoms with Crippen molar-refractivity contribution in [3.63, 3.8) is 0 Å². The molecule has 0 bridgehead atoms. The van der Waals surface area contributed by atoms with Crippen LogP contribution in [0.2, 0.25) is 0 Å². The highest BCUT2D eigenvalue weighted by Gasteiger charge is 2.37. The van der Waals surface area contributed by atoms with Gasteiger partial charge in [0.1, 0.15) is 11.9 Å². The first-order valence-corrected chi connectivity index (χ1v) is 2.30. The minimum absolute atomic E-state index is 0. The third kappa shape index (κ3) is 0.479. The maximum atomic E-state index is 8.79. The van der Waals surface area contributed by atoms with Gasteiger partial charge in [-0.15, -0.1) is 0 Å². The second-order valence-electron chi connectivity index (χ2n) is 1.82. The van der Waals surface area contributed by atoms with Gasteiger partial charge in [0.15, 0.2) is 0 Å². The molecular weight excluding hydrogens is 104 g/mol. The topological polar surface area (TPSA) is 54.2 Å². The minimum atomic E-state index is 0. The van der Waals surface area contributed by atoms with Crippen LogP contribution in [0.5, 0.6) is 0 Å². The van der Waals surface area contributed by atoms with E-state index in [9.17, 15) is 0 Å². The van der Waals surface area contributed by atoms with Crippen molar-refractivity contribution in [1.82, 2.24) is 10.6 Å². The molecule has 3 nitrogen and oxygen atoms in total. The fraction of sp³-hybridized carbons (Fsp3) is 0.600. The summed E-state index contributed by atoms with van der Waals surface area (Å²) in [4.78, 5) is 0. The Morgan fingerprint density at radius 3 is 2.50 bits per heavy atom. The van der Waals surface area contributed by atoms with Crippen LogP contribution in [0.15, 0.2) is 11.5 Å². The molecule has 2 aliphatic rings. The second kappa shape index (κ2) is 1.39. The summed E-state index contributed by atoms with van der Waals surface area (Å²) in [6.07, 6.45) is 0.319. The normalized spacial score (nSPS) is 30.8. The number of hydrogen-bond acceptors (Lipinski definition) is 3. The van der Waals surface area contributed by atoms with Crippen molar-refractivity contribution >= 4 is 0 Å². The molecule has 0 spiro atoms. The van der Waals surface area contributed by atoms with Crippen molar-refractivity contribution < 1.29 is 5.11 Å². The van der Waals surface area contributed by atoms with Gasteiger partial charge in [0.2, 0.25) is 0 Å². The number of fused-ring (bicyclic) bond motifs is 1. The summed E-state index contributed by atoms with van der Waals surface area (Å²) in [6, 6.07) is 0. The molecule has 1 atom stereocenters. The molecule has 46 valence electrons. The second-order valence-corrected chi connectivity index (χ2v) is 1.82. The number of nitrogens with one attached hydrogen (secondary N) is 2. The Labute approximate surface area is 48.4 Å². The van der Waals surface area contributed by atoms with Crippen molar-refractivity contribution in [2.24, 2.45) is 0 Å². The Morgan fingerprint density at radius 2 is 2.38 bits per heavy atom. The zero-order chi connectivity index (χ0) is 4.85. The SMILES string of the molecule is C.OC1=C2NC2NC1. The van der Waals surface area contributed by atoms with Gasteiger partial charge >= 0.3 is 0 Å². The molecule has 0 amide bonds. The lowest BCUT2D eigenvalue weighted by atomic mass is 10.5. The van der Waals surface area contributed by atoms with E-state index in [0.717, 1.165) is 5.70 Å². The van der Waals surface area contributed by atoms with Gasteiger partial charge < -0.3 is 10.4 Å². The van der Waals surface area contributed by atoms with Gasteiger partial charge in [-0.1, -0.05) is 7.43 Å². The first kappa shape index (κ1) is 5.44. The molecule has 0 aromatic carbocycles. The van der Waals surface area contributed by atoms with Gasteiger partial charge in [0.25, 0.3) is 0 Å². The molecule has 2 rings (SSSR count). The highest BCUT2D eigenvalue weighted by molar-refractivity contribution is 5.32. The maximum Gasteiger partial charge on any atom is 0.129 e. The van der Waals surface area contributed by atoms with E-state index < -0.39 is 0 Å². The van der Waals surface area contributed by atoms with Crippen LogP contribution < -0.4 is 10.6 Å². The summed E-state index contributed by atoms with van der Waals surface area (Å²) in [7, 11) is 0. The fourth-order valence-electron chi connectivity index (χ4n) is 0.811. The summed E-state index contributed by atoms with van der Waals surface area (Å²) in [6.45, 7) is 0.646. The van der Waals surface area contributed by atoms with E-state index in [1.54, 1.807) is 0 Å². The van der Waals surface area contributed by atoms with Gasteiger partial charge in [-0.2, -0.15) is 0 Å². The van der Waals surface area contributed by atoms with E-state index in [0.29, 0.717) is 18.5 Å². The average Bonchev–Trinajstić information content (AvgIpc) is 2.33. The molecule has 0 radical (unpaired) electrons. The van der Waals surface area contributed by atoms with Crippen molar-refractivity contribution in [3.8, 4) is 0 Å². The van der Waals surface area contributed by atoms with E-state index in [2.05, 4.69) is 10.6 Å². The van der Waals surface area contributed by atoms with Crippen LogP contribution in [0.25, 0.3) is 0 Å². The molecule has 0 saturated carbocycles. The predicted molar refractivity (Wildman–Crippen MR) is 31.3 cm³/mol. The molecule has 1 fully saturated rings. The number of aliphatic hydroxyl groups excluding tert-OH is 1. The van der Waals surface area contributed by atoms with E-state index >= 15 is 0 Å². The highest BCUT2D eigenvalue weighted by Crippen LogP contribution is 2.21. The van der Waals surface area contributed by atoms with Gasteiger partial charge in [0, 0.05) is 0 Å². The van der Waals surface area contributed by atoms with Gasteiger partial charge in [-0.25, -0.2) is 0 Å². The van der Waals surface area contributed by atoms with Gasteiger partial charge in [-0.05, 0) is 0 Å². The molecular formula is C5H10N2O. The molecule has 0 aromatic rings. The number of aliphatic hydroxyl groups is 1.